The maximum atomic E-state index is 14.2. The maximum absolute atomic E-state index is 14.2. The van der Waals surface area contributed by atoms with Gasteiger partial charge in [-0.2, -0.15) is 0 Å². The summed E-state index contributed by atoms with van der Waals surface area (Å²) in [4.78, 5) is 28.9. The van der Waals surface area contributed by atoms with E-state index in [2.05, 4.69) is 5.32 Å². The minimum absolute atomic E-state index is 0.0577. The molecule has 2 amide bonds. The molecule has 42 heavy (non-hydrogen) atoms. The van der Waals surface area contributed by atoms with Crippen LogP contribution in [0, 0.1) is 6.92 Å². The van der Waals surface area contributed by atoms with Gasteiger partial charge in [-0.25, -0.2) is 8.42 Å². The second-order valence-electron chi connectivity index (χ2n) is 10.5. The van der Waals surface area contributed by atoms with Gasteiger partial charge in [-0.05, 0) is 67.6 Å². The van der Waals surface area contributed by atoms with Crippen LogP contribution in [-0.4, -0.2) is 44.3 Å². The Morgan fingerprint density at radius 3 is 2.02 bits per heavy atom. The van der Waals surface area contributed by atoms with Gasteiger partial charge in [0.15, 0.2) is 0 Å². The number of nitrogens with zero attached hydrogens (tertiary/aromatic N) is 2. The average Bonchev–Trinajstić information content (AvgIpc) is 2.96. The van der Waals surface area contributed by atoms with Crippen molar-refractivity contribution in [1.29, 1.82) is 0 Å². The van der Waals surface area contributed by atoms with E-state index in [4.69, 9.17) is 23.2 Å². The highest BCUT2D eigenvalue weighted by Crippen LogP contribution is 2.29. The van der Waals surface area contributed by atoms with E-state index in [1.165, 1.54) is 17.0 Å². The van der Waals surface area contributed by atoms with Crippen LogP contribution < -0.4 is 9.62 Å². The van der Waals surface area contributed by atoms with Crippen LogP contribution in [0.25, 0.3) is 0 Å². The van der Waals surface area contributed by atoms with Crippen LogP contribution in [0.2, 0.25) is 10.0 Å². The fourth-order valence-electron chi connectivity index (χ4n) is 4.53. The van der Waals surface area contributed by atoms with Crippen LogP contribution in [0.3, 0.4) is 0 Å². The lowest BCUT2D eigenvalue weighted by Crippen LogP contribution is -2.52. The number of anilines is 1. The first-order valence-corrected chi connectivity index (χ1v) is 16.3. The summed E-state index contributed by atoms with van der Waals surface area (Å²) in [6.45, 7) is 9.55. The smallest absolute Gasteiger partial charge is 0.264 e. The minimum atomic E-state index is -4.16. The van der Waals surface area contributed by atoms with Gasteiger partial charge in [0.05, 0.1) is 10.6 Å². The number of benzene rings is 3. The monoisotopic (exact) mass is 631 g/mol. The van der Waals surface area contributed by atoms with Gasteiger partial charge >= 0.3 is 0 Å². The summed E-state index contributed by atoms with van der Waals surface area (Å²) in [5.41, 5.74) is 2.76. The van der Waals surface area contributed by atoms with Crippen LogP contribution >= 0.6 is 23.2 Å². The molecule has 0 heterocycles. The molecule has 0 fully saturated rings. The van der Waals surface area contributed by atoms with Crippen molar-refractivity contribution in [2.45, 2.75) is 70.9 Å². The van der Waals surface area contributed by atoms with Gasteiger partial charge in [0.1, 0.15) is 12.6 Å². The van der Waals surface area contributed by atoms with Gasteiger partial charge in [0.2, 0.25) is 11.8 Å². The molecule has 226 valence electrons. The van der Waals surface area contributed by atoms with E-state index in [1.54, 1.807) is 49.4 Å². The number of nitrogens with one attached hydrogen (secondary N) is 1. The summed E-state index contributed by atoms with van der Waals surface area (Å²) in [7, 11) is -4.16. The van der Waals surface area contributed by atoms with Crippen LogP contribution in [0.15, 0.2) is 71.6 Å². The molecule has 0 aliphatic rings. The number of amides is 2. The van der Waals surface area contributed by atoms with Crippen molar-refractivity contribution >= 4 is 50.7 Å². The zero-order valence-corrected chi connectivity index (χ0v) is 27.1. The number of carbonyl (C=O) groups is 2. The lowest BCUT2D eigenvalue weighted by molar-refractivity contribution is -0.140. The summed E-state index contributed by atoms with van der Waals surface area (Å²) < 4.78 is 29.2. The molecule has 0 radical (unpaired) electrons. The van der Waals surface area contributed by atoms with Gasteiger partial charge in [-0.3, -0.25) is 13.9 Å². The van der Waals surface area contributed by atoms with E-state index >= 15 is 0 Å². The standard InChI is InChI=1S/C32H39Cl2N3O4S/c1-6-19-35-32(39)30(7-2)36(20-27-28(33)9-8-10-29(27)34)31(38)21-37(25-15-13-24(14-16-25)22(3)4)42(40,41)26-17-11-23(5)12-18-26/h8-18,22,30H,6-7,19-21H2,1-5H3,(H,35,39)/t30-/m1/s1. The molecule has 3 aromatic carbocycles. The average molecular weight is 633 g/mol. The van der Waals surface area contributed by atoms with Gasteiger partial charge < -0.3 is 10.2 Å². The molecule has 1 N–H and O–H groups in total. The normalized spacial score (nSPS) is 12.2. The number of hydrogen-bond donors (Lipinski definition) is 1. The Kier molecular flexibility index (Phi) is 11.9. The van der Waals surface area contributed by atoms with E-state index in [0.29, 0.717) is 34.3 Å². The third kappa shape index (κ3) is 8.06. The van der Waals surface area contributed by atoms with Crippen molar-refractivity contribution in [2.75, 3.05) is 17.4 Å². The summed E-state index contributed by atoms with van der Waals surface area (Å²) in [5, 5.41) is 3.56. The predicted molar refractivity (Wildman–Crippen MR) is 171 cm³/mol. The zero-order chi connectivity index (χ0) is 31.0. The molecule has 7 nitrogen and oxygen atoms in total. The first-order valence-electron chi connectivity index (χ1n) is 14.1. The maximum Gasteiger partial charge on any atom is 0.264 e. The number of aryl methyl sites for hydroxylation is 1. The Morgan fingerprint density at radius 1 is 0.905 bits per heavy atom. The highest BCUT2D eigenvalue weighted by atomic mass is 35.5. The molecule has 3 aromatic rings. The molecule has 0 bridgehead atoms. The number of sulfonamides is 1. The first kappa shape index (κ1) is 33.4. The minimum Gasteiger partial charge on any atom is -0.354 e. The molecule has 0 spiro atoms. The molecule has 0 unspecified atom stereocenters. The van der Waals surface area contributed by atoms with Crippen LogP contribution in [0.5, 0.6) is 0 Å². The summed E-state index contributed by atoms with van der Waals surface area (Å²) in [6, 6.07) is 17.7. The van der Waals surface area contributed by atoms with Crippen LogP contribution in [0.1, 0.15) is 63.1 Å². The molecule has 1 atom stereocenters. The van der Waals surface area contributed by atoms with Crippen molar-refractivity contribution in [1.82, 2.24) is 10.2 Å². The predicted octanol–water partition coefficient (Wildman–Crippen LogP) is 6.95. The van der Waals surface area contributed by atoms with E-state index in [0.717, 1.165) is 21.9 Å². The highest BCUT2D eigenvalue weighted by molar-refractivity contribution is 7.92. The summed E-state index contributed by atoms with van der Waals surface area (Å²) in [6.07, 6.45) is 1.03. The SMILES string of the molecule is CCCNC(=O)[C@@H](CC)N(Cc1c(Cl)cccc1Cl)C(=O)CN(c1ccc(C(C)C)cc1)S(=O)(=O)c1ccc(C)cc1. The van der Waals surface area contributed by atoms with Crippen molar-refractivity contribution in [3.05, 3.63) is 93.5 Å². The third-order valence-electron chi connectivity index (χ3n) is 7.06. The molecule has 0 saturated carbocycles. The molecule has 3 rings (SSSR count). The molecule has 0 aliphatic carbocycles. The van der Waals surface area contributed by atoms with Crippen molar-refractivity contribution in [3.8, 4) is 0 Å². The number of halogens is 2. The lowest BCUT2D eigenvalue weighted by Gasteiger charge is -2.33. The third-order valence-corrected chi connectivity index (χ3v) is 9.56. The fourth-order valence-corrected chi connectivity index (χ4v) is 6.46. The van der Waals surface area contributed by atoms with Gasteiger partial charge in [-0.1, -0.05) is 86.8 Å². The number of hydrogen-bond acceptors (Lipinski definition) is 4. The van der Waals surface area contributed by atoms with E-state index in [1.807, 2.05) is 39.8 Å². The Bertz CT molecular complexity index is 1460. The second kappa shape index (κ2) is 14.9. The Hall–Kier alpha value is -3.07. The fraction of sp³-hybridized carbons (Fsp3) is 0.375. The lowest BCUT2D eigenvalue weighted by atomic mass is 10.0. The highest BCUT2D eigenvalue weighted by Gasteiger charge is 2.34. The number of carbonyl (C=O) groups excluding carboxylic acids is 2. The van der Waals surface area contributed by atoms with E-state index in [-0.39, 0.29) is 23.3 Å². The van der Waals surface area contributed by atoms with E-state index < -0.39 is 28.5 Å². The van der Waals surface area contributed by atoms with Crippen LogP contribution in [0.4, 0.5) is 5.69 Å². The molecule has 0 saturated heterocycles. The Labute approximate surface area is 259 Å². The second-order valence-corrected chi connectivity index (χ2v) is 13.2. The largest absolute Gasteiger partial charge is 0.354 e. The van der Waals surface area contributed by atoms with Crippen LogP contribution in [-0.2, 0) is 26.2 Å². The summed E-state index contributed by atoms with van der Waals surface area (Å²) >= 11 is 12.9. The zero-order valence-electron chi connectivity index (χ0n) is 24.7. The first-order chi connectivity index (χ1) is 19.9. The molecule has 10 heteroatoms. The van der Waals surface area contributed by atoms with Gasteiger partial charge in [0, 0.05) is 28.7 Å². The molecule has 0 aromatic heterocycles. The Morgan fingerprint density at radius 2 is 1.50 bits per heavy atom. The molecular weight excluding hydrogens is 593 g/mol. The molecular formula is C32H39Cl2N3O4S. The quantitative estimate of drug-likeness (QED) is 0.221. The number of rotatable bonds is 13. The summed E-state index contributed by atoms with van der Waals surface area (Å²) in [5.74, 6) is -0.649. The van der Waals surface area contributed by atoms with Gasteiger partial charge in [-0.15, -0.1) is 0 Å². The van der Waals surface area contributed by atoms with Crippen molar-refractivity contribution in [3.63, 3.8) is 0 Å². The van der Waals surface area contributed by atoms with Gasteiger partial charge in [0.25, 0.3) is 10.0 Å². The van der Waals surface area contributed by atoms with Crippen molar-refractivity contribution in [2.24, 2.45) is 0 Å². The Balaban J connectivity index is 2.10. The topological polar surface area (TPSA) is 86.8 Å². The van der Waals surface area contributed by atoms with Crippen molar-refractivity contribution < 1.29 is 18.0 Å². The molecule has 0 aliphatic heterocycles. The van der Waals surface area contributed by atoms with E-state index in [9.17, 15) is 18.0 Å².